The van der Waals surface area contributed by atoms with Crippen molar-refractivity contribution in [3.63, 3.8) is 0 Å². The Labute approximate surface area is 165 Å². The molecule has 0 amide bonds. The zero-order valence-electron chi connectivity index (χ0n) is 15.1. The highest BCUT2D eigenvalue weighted by molar-refractivity contribution is 6.30. The van der Waals surface area contributed by atoms with Crippen LogP contribution in [0.4, 0.5) is 0 Å². The van der Waals surface area contributed by atoms with Crippen LogP contribution in [-0.2, 0) is 0 Å². The summed E-state index contributed by atoms with van der Waals surface area (Å²) in [5.74, 6) is 1.70. The van der Waals surface area contributed by atoms with Gasteiger partial charge in [0.05, 0.1) is 6.04 Å². The van der Waals surface area contributed by atoms with Crippen molar-refractivity contribution in [3.8, 4) is 11.5 Å². The fraction of sp³-hybridized carbons (Fsp3) is 0.217. The second-order valence-corrected chi connectivity index (χ2v) is 7.16. The predicted molar refractivity (Wildman–Crippen MR) is 111 cm³/mol. The molecule has 3 aromatic rings. The fourth-order valence-electron chi connectivity index (χ4n) is 3.57. The van der Waals surface area contributed by atoms with E-state index >= 15 is 0 Å². The van der Waals surface area contributed by atoms with Crippen LogP contribution in [-0.4, -0.2) is 31.1 Å². The summed E-state index contributed by atoms with van der Waals surface area (Å²) in [6.07, 6.45) is 0. The van der Waals surface area contributed by atoms with E-state index in [4.69, 9.17) is 16.3 Å². The first-order valence-electron chi connectivity index (χ1n) is 9.33. The van der Waals surface area contributed by atoms with Crippen molar-refractivity contribution in [3.05, 3.63) is 95.0 Å². The topological polar surface area (TPSA) is 24.5 Å². The van der Waals surface area contributed by atoms with Gasteiger partial charge in [0.25, 0.3) is 0 Å². The summed E-state index contributed by atoms with van der Waals surface area (Å²) in [4.78, 5) is 2.52. The molecular formula is C23H23ClN2O. The fourth-order valence-corrected chi connectivity index (χ4v) is 3.70. The van der Waals surface area contributed by atoms with Crippen molar-refractivity contribution in [2.24, 2.45) is 0 Å². The van der Waals surface area contributed by atoms with Crippen LogP contribution in [0.5, 0.6) is 11.5 Å². The largest absolute Gasteiger partial charge is 0.457 e. The predicted octanol–water partition coefficient (Wildman–Crippen LogP) is 5.13. The first kappa shape index (κ1) is 18.1. The minimum atomic E-state index is 0.184. The summed E-state index contributed by atoms with van der Waals surface area (Å²) in [5.41, 5.74) is 2.48. The standard InChI is InChI=1S/C23H23ClN2O/c24-20-11-9-18(10-12-20)23(26-15-13-25-14-16-26)19-5-4-8-22(17-19)27-21-6-2-1-3-7-21/h1-12,17,23,25H,13-16H2. The Morgan fingerprint density at radius 3 is 2.22 bits per heavy atom. The molecule has 27 heavy (non-hydrogen) atoms. The zero-order chi connectivity index (χ0) is 18.5. The number of nitrogens with one attached hydrogen (secondary N) is 1. The van der Waals surface area contributed by atoms with Crippen LogP contribution in [0.25, 0.3) is 0 Å². The van der Waals surface area contributed by atoms with E-state index in [-0.39, 0.29) is 6.04 Å². The molecule has 0 saturated carbocycles. The van der Waals surface area contributed by atoms with Gasteiger partial charge >= 0.3 is 0 Å². The zero-order valence-corrected chi connectivity index (χ0v) is 15.9. The van der Waals surface area contributed by atoms with Gasteiger partial charge in [-0.1, -0.05) is 54.1 Å². The average Bonchev–Trinajstić information content (AvgIpc) is 2.72. The number of nitrogens with zero attached hydrogens (tertiary/aromatic N) is 1. The molecule has 1 saturated heterocycles. The minimum Gasteiger partial charge on any atom is -0.457 e. The van der Waals surface area contributed by atoms with Crippen molar-refractivity contribution >= 4 is 11.6 Å². The van der Waals surface area contributed by atoms with Crippen molar-refractivity contribution in [1.29, 1.82) is 0 Å². The lowest BCUT2D eigenvalue weighted by Crippen LogP contribution is -2.45. The summed E-state index contributed by atoms with van der Waals surface area (Å²) >= 11 is 6.12. The number of para-hydroxylation sites is 1. The number of piperazine rings is 1. The Morgan fingerprint density at radius 2 is 1.48 bits per heavy atom. The molecule has 0 radical (unpaired) electrons. The Bertz CT molecular complexity index is 861. The monoisotopic (exact) mass is 378 g/mol. The van der Waals surface area contributed by atoms with E-state index in [1.54, 1.807) is 0 Å². The first-order valence-corrected chi connectivity index (χ1v) is 9.70. The molecule has 138 valence electrons. The molecule has 0 bridgehead atoms. The SMILES string of the molecule is Clc1ccc(C(c2cccc(Oc3ccccc3)c2)N2CCNCC2)cc1. The van der Waals surface area contributed by atoms with Crippen molar-refractivity contribution < 1.29 is 4.74 Å². The van der Waals surface area contributed by atoms with Gasteiger partial charge in [-0.25, -0.2) is 0 Å². The van der Waals surface area contributed by atoms with Crippen LogP contribution in [0.2, 0.25) is 5.02 Å². The number of halogens is 1. The number of ether oxygens (including phenoxy) is 1. The lowest BCUT2D eigenvalue weighted by atomic mass is 9.96. The van der Waals surface area contributed by atoms with Gasteiger partial charge in [0.2, 0.25) is 0 Å². The van der Waals surface area contributed by atoms with Gasteiger partial charge in [-0.15, -0.1) is 0 Å². The van der Waals surface area contributed by atoms with E-state index in [1.165, 1.54) is 11.1 Å². The number of rotatable bonds is 5. The normalized spacial score (nSPS) is 16.0. The molecule has 1 fully saturated rings. The maximum absolute atomic E-state index is 6.12. The molecular weight excluding hydrogens is 356 g/mol. The van der Waals surface area contributed by atoms with Crippen molar-refractivity contribution in [2.75, 3.05) is 26.2 Å². The molecule has 3 aromatic carbocycles. The molecule has 0 spiro atoms. The molecule has 0 aliphatic carbocycles. The highest BCUT2D eigenvalue weighted by Gasteiger charge is 2.24. The van der Waals surface area contributed by atoms with E-state index in [0.717, 1.165) is 42.7 Å². The van der Waals surface area contributed by atoms with Gasteiger partial charge in [0.1, 0.15) is 11.5 Å². The van der Waals surface area contributed by atoms with E-state index in [0.29, 0.717) is 0 Å². The highest BCUT2D eigenvalue weighted by atomic mass is 35.5. The Morgan fingerprint density at radius 1 is 0.778 bits per heavy atom. The smallest absolute Gasteiger partial charge is 0.127 e. The molecule has 1 aliphatic heterocycles. The molecule has 1 unspecified atom stereocenters. The van der Waals surface area contributed by atoms with Crippen LogP contribution in [0.1, 0.15) is 17.2 Å². The molecule has 1 heterocycles. The maximum Gasteiger partial charge on any atom is 0.127 e. The van der Waals surface area contributed by atoms with Gasteiger partial charge < -0.3 is 10.1 Å². The minimum absolute atomic E-state index is 0.184. The van der Waals surface area contributed by atoms with Crippen LogP contribution < -0.4 is 10.1 Å². The number of benzene rings is 3. The van der Waals surface area contributed by atoms with Crippen LogP contribution >= 0.6 is 11.6 Å². The third-order valence-electron chi connectivity index (χ3n) is 4.86. The van der Waals surface area contributed by atoms with Crippen LogP contribution in [0, 0.1) is 0 Å². The van der Waals surface area contributed by atoms with Crippen LogP contribution in [0.3, 0.4) is 0 Å². The lowest BCUT2D eigenvalue weighted by Gasteiger charge is -2.35. The molecule has 0 aromatic heterocycles. The highest BCUT2D eigenvalue weighted by Crippen LogP contribution is 2.32. The van der Waals surface area contributed by atoms with Gasteiger partial charge in [0.15, 0.2) is 0 Å². The third-order valence-corrected chi connectivity index (χ3v) is 5.11. The molecule has 3 nitrogen and oxygen atoms in total. The summed E-state index contributed by atoms with van der Waals surface area (Å²) in [5, 5.41) is 4.20. The van der Waals surface area contributed by atoms with E-state index in [1.807, 2.05) is 48.5 Å². The summed E-state index contributed by atoms with van der Waals surface area (Å²) in [7, 11) is 0. The van der Waals surface area contributed by atoms with E-state index < -0.39 is 0 Å². The molecule has 1 aliphatic rings. The molecule has 4 heteroatoms. The third kappa shape index (κ3) is 4.51. The lowest BCUT2D eigenvalue weighted by molar-refractivity contribution is 0.198. The summed E-state index contributed by atoms with van der Waals surface area (Å²) < 4.78 is 6.06. The molecule has 1 N–H and O–H groups in total. The summed E-state index contributed by atoms with van der Waals surface area (Å²) in [6.45, 7) is 4.03. The van der Waals surface area contributed by atoms with E-state index in [9.17, 15) is 0 Å². The van der Waals surface area contributed by atoms with Crippen LogP contribution in [0.15, 0.2) is 78.9 Å². The quantitative estimate of drug-likeness (QED) is 0.666. The second kappa shape index (κ2) is 8.57. The molecule has 1 atom stereocenters. The second-order valence-electron chi connectivity index (χ2n) is 6.73. The first-order chi connectivity index (χ1) is 13.3. The van der Waals surface area contributed by atoms with Gasteiger partial charge in [-0.05, 0) is 47.5 Å². The van der Waals surface area contributed by atoms with E-state index in [2.05, 4.69) is 40.5 Å². The Kier molecular flexibility index (Phi) is 5.73. The average molecular weight is 379 g/mol. The summed E-state index contributed by atoms with van der Waals surface area (Å²) in [6, 6.07) is 26.7. The molecule has 4 rings (SSSR count). The van der Waals surface area contributed by atoms with Gasteiger partial charge in [-0.2, -0.15) is 0 Å². The maximum atomic E-state index is 6.12. The Balaban J connectivity index is 1.66. The van der Waals surface area contributed by atoms with Crippen molar-refractivity contribution in [2.45, 2.75) is 6.04 Å². The van der Waals surface area contributed by atoms with Gasteiger partial charge in [0, 0.05) is 31.2 Å². The van der Waals surface area contributed by atoms with Crippen molar-refractivity contribution in [1.82, 2.24) is 10.2 Å². The number of hydrogen-bond donors (Lipinski definition) is 1. The Hall–Kier alpha value is -2.33. The van der Waals surface area contributed by atoms with Gasteiger partial charge in [-0.3, -0.25) is 4.90 Å². The number of hydrogen-bond acceptors (Lipinski definition) is 3.